The van der Waals surface area contributed by atoms with Gasteiger partial charge >= 0.3 is 0 Å². The third-order valence-corrected chi connectivity index (χ3v) is 3.36. The van der Waals surface area contributed by atoms with E-state index < -0.39 is 0 Å². The molecule has 0 spiro atoms. The molecule has 0 bridgehead atoms. The summed E-state index contributed by atoms with van der Waals surface area (Å²) in [4.78, 5) is 0. The molecule has 0 saturated carbocycles. The molecule has 0 fully saturated rings. The van der Waals surface area contributed by atoms with Crippen molar-refractivity contribution in [2.45, 2.75) is 19.8 Å². The fraction of sp³-hybridized carbons (Fsp3) is 0.222. The Balaban J connectivity index is 2.46. The van der Waals surface area contributed by atoms with Crippen LogP contribution in [-0.4, -0.2) is 6.61 Å². The van der Waals surface area contributed by atoms with E-state index in [0.29, 0.717) is 6.61 Å². The average Bonchev–Trinajstić information content (AvgIpc) is 2.70. The van der Waals surface area contributed by atoms with Gasteiger partial charge in [0.15, 0.2) is 0 Å². The number of fused-ring (bicyclic) bond motifs is 1. The maximum absolute atomic E-state index is 5.64. The fourth-order valence-corrected chi connectivity index (χ4v) is 2.57. The van der Waals surface area contributed by atoms with Crippen molar-refractivity contribution in [1.82, 2.24) is 0 Å². The van der Waals surface area contributed by atoms with Gasteiger partial charge in [0.25, 0.3) is 0 Å². The van der Waals surface area contributed by atoms with Gasteiger partial charge in [0.2, 0.25) is 0 Å². The molecule has 0 radical (unpaired) electrons. The highest BCUT2D eigenvalue weighted by Crippen LogP contribution is 2.43. The largest absolute Gasteiger partial charge is 0.498 e. The van der Waals surface area contributed by atoms with E-state index in [-0.39, 0.29) is 5.92 Å². The Morgan fingerprint density at radius 1 is 1.37 bits per heavy atom. The minimum absolute atomic E-state index is 0.247. The van der Waals surface area contributed by atoms with E-state index in [9.17, 15) is 0 Å². The number of hydrogen-bond acceptors (Lipinski definition) is 1. The first-order chi connectivity index (χ1) is 9.19. The summed E-state index contributed by atoms with van der Waals surface area (Å²) in [5, 5.41) is 0. The predicted octanol–water partition coefficient (Wildman–Crippen LogP) is 4.85. The quantitative estimate of drug-likeness (QED) is 0.681. The lowest BCUT2D eigenvalue weighted by Crippen LogP contribution is -2.06. The van der Waals surface area contributed by atoms with Gasteiger partial charge in [0.1, 0.15) is 0 Å². The molecular weight excluding hydrogens is 232 g/mol. The summed E-state index contributed by atoms with van der Waals surface area (Å²) >= 11 is 0. The van der Waals surface area contributed by atoms with Gasteiger partial charge in [-0.25, -0.2) is 0 Å². The van der Waals surface area contributed by atoms with E-state index in [2.05, 4.69) is 49.6 Å². The van der Waals surface area contributed by atoms with Crippen LogP contribution in [0, 0.1) is 0 Å². The van der Waals surface area contributed by atoms with Gasteiger partial charge in [-0.05, 0) is 36.1 Å². The minimum Gasteiger partial charge on any atom is -0.498 e. The molecule has 0 amide bonds. The minimum atomic E-state index is 0.247. The van der Waals surface area contributed by atoms with Crippen molar-refractivity contribution in [2.75, 3.05) is 6.61 Å². The van der Waals surface area contributed by atoms with Gasteiger partial charge in [0, 0.05) is 5.92 Å². The van der Waals surface area contributed by atoms with Gasteiger partial charge in [0.05, 0.1) is 12.4 Å². The molecule has 0 aromatic heterocycles. The van der Waals surface area contributed by atoms with Gasteiger partial charge in [-0.1, -0.05) is 55.7 Å². The van der Waals surface area contributed by atoms with Crippen molar-refractivity contribution in [1.29, 1.82) is 0 Å². The Kier molecular flexibility index (Phi) is 4.06. The van der Waals surface area contributed by atoms with Crippen LogP contribution in [0.2, 0.25) is 0 Å². The zero-order valence-electron chi connectivity index (χ0n) is 11.6. The van der Waals surface area contributed by atoms with Crippen LogP contribution in [0.3, 0.4) is 0 Å². The topological polar surface area (TPSA) is 9.23 Å². The van der Waals surface area contributed by atoms with Crippen LogP contribution in [0.5, 0.6) is 0 Å². The van der Waals surface area contributed by atoms with Crippen LogP contribution in [-0.2, 0) is 4.74 Å². The van der Waals surface area contributed by atoms with Crippen LogP contribution in [0.4, 0.5) is 0 Å². The first-order valence-corrected chi connectivity index (χ1v) is 6.56. The first-order valence-electron chi connectivity index (χ1n) is 6.56. The van der Waals surface area contributed by atoms with E-state index >= 15 is 0 Å². The summed E-state index contributed by atoms with van der Waals surface area (Å²) in [6, 6.07) is 8.48. The van der Waals surface area contributed by atoms with Gasteiger partial charge in [-0.2, -0.15) is 0 Å². The molecule has 0 N–H and O–H groups in total. The lowest BCUT2D eigenvalue weighted by atomic mass is 9.96. The van der Waals surface area contributed by atoms with Crippen molar-refractivity contribution >= 4 is 5.57 Å². The summed E-state index contributed by atoms with van der Waals surface area (Å²) in [6.45, 7) is 12.3. The van der Waals surface area contributed by atoms with Gasteiger partial charge in [-0.15, -0.1) is 0 Å². The SMILES string of the molecule is C=CC1=C(/C=C\C)c2ccccc2C1COC(=C)C. The lowest BCUT2D eigenvalue weighted by molar-refractivity contribution is 0.206. The normalized spacial score (nSPS) is 17.7. The monoisotopic (exact) mass is 252 g/mol. The molecule has 1 aromatic rings. The van der Waals surface area contributed by atoms with Crippen LogP contribution in [0.1, 0.15) is 30.9 Å². The Labute approximate surface area is 115 Å². The molecule has 2 rings (SSSR count). The van der Waals surface area contributed by atoms with Crippen molar-refractivity contribution < 1.29 is 4.74 Å². The molecule has 98 valence electrons. The standard InChI is InChI=1S/C18H20O/c1-5-9-15-14(6-2)18(12-19-13(3)4)17-11-8-7-10-16(15)17/h5-11,18H,2-3,12H2,1,4H3/b9-5-. The zero-order chi connectivity index (χ0) is 13.8. The third kappa shape index (κ3) is 2.55. The second kappa shape index (κ2) is 5.75. The molecule has 0 saturated heterocycles. The summed E-state index contributed by atoms with van der Waals surface area (Å²) in [5.74, 6) is 0.997. The molecule has 1 aromatic carbocycles. The van der Waals surface area contributed by atoms with E-state index in [1.807, 2.05) is 19.9 Å². The number of allylic oxidation sites excluding steroid dienone is 5. The van der Waals surface area contributed by atoms with Crippen LogP contribution >= 0.6 is 0 Å². The number of benzene rings is 1. The van der Waals surface area contributed by atoms with E-state index in [1.165, 1.54) is 22.3 Å². The molecular formula is C18H20O. The van der Waals surface area contributed by atoms with Gasteiger partial charge in [-0.3, -0.25) is 0 Å². The molecule has 1 unspecified atom stereocenters. The van der Waals surface area contributed by atoms with Crippen molar-refractivity contribution in [3.05, 3.63) is 78.1 Å². The Hall–Kier alpha value is -2.02. The molecule has 1 nitrogen and oxygen atoms in total. The number of ether oxygens (including phenoxy) is 1. The smallest absolute Gasteiger partial charge is 0.0986 e. The van der Waals surface area contributed by atoms with E-state index in [0.717, 1.165) is 5.76 Å². The molecule has 0 heterocycles. The summed E-state index contributed by atoms with van der Waals surface area (Å²) in [7, 11) is 0. The van der Waals surface area contributed by atoms with Crippen LogP contribution < -0.4 is 0 Å². The van der Waals surface area contributed by atoms with Crippen LogP contribution in [0.25, 0.3) is 5.57 Å². The fourth-order valence-electron chi connectivity index (χ4n) is 2.57. The first kappa shape index (κ1) is 13.4. The highest BCUT2D eigenvalue weighted by molar-refractivity contribution is 5.86. The molecule has 1 aliphatic rings. The molecule has 1 heteroatoms. The molecule has 0 aliphatic heterocycles. The highest BCUT2D eigenvalue weighted by Gasteiger charge is 2.28. The Morgan fingerprint density at radius 3 is 2.74 bits per heavy atom. The summed E-state index contributed by atoms with van der Waals surface area (Å²) < 4.78 is 5.64. The Bertz CT molecular complexity index is 561. The number of rotatable bonds is 5. The Morgan fingerprint density at radius 2 is 2.11 bits per heavy atom. The van der Waals surface area contributed by atoms with Gasteiger partial charge < -0.3 is 4.74 Å². The lowest BCUT2D eigenvalue weighted by Gasteiger charge is -2.15. The molecule has 19 heavy (non-hydrogen) atoms. The van der Waals surface area contributed by atoms with E-state index in [1.54, 1.807) is 0 Å². The predicted molar refractivity (Wildman–Crippen MR) is 81.9 cm³/mol. The van der Waals surface area contributed by atoms with Crippen molar-refractivity contribution in [2.24, 2.45) is 0 Å². The second-order valence-electron chi connectivity index (χ2n) is 4.73. The molecule has 1 atom stereocenters. The second-order valence-corrected chi connectivity index (χ2v) is 4.73. The third-order valence-electron chi connectivity index (χ3n) is 3.36. The van der Waals surface area contributed by atoms with E-state index in [4.69, 9.17) is 4.74 Å². The average molecular weight is 252 g/mol. The maximum atomic E-state index is 5.64. The highest BCUT2D eigenvalue weighted by atomic mass is 16.5. The number of hydrogen-bond donors (Lipinski definition) is 0. The maximum Gasteiger partial charge on any atom is 0.0986 e. The van der Waals surface area contributed by atoms with Crippen molar-refractivity contribution in [3.8, 4) is 0 Å². The summed E-state index contributed by atoms with van der Waals surface area (Å²) in [6.07, 6.45) is 6.16. The summed E-state index contributed by atoms with van der Waals surface area (Å²) in [5.41, 5.74) is 5.08. The van der Waals surface area contributed by atoms with Crippen LogP contribution in [0.15, 0.2) is 67.0 Å². The molecule has 1 aliphatic carbocycles. The van der Waals surface area contributed by atoms with Crippen molar-refractivity contribution in [3.63, 3.8) is 0 Å². The zero-order valence-corrected chi connectivity index (χ0v) is 11.6.